The number of halogens is 8. The summed E-state index contributed by atoms with van der Waals surface area (Å²) in [6.45, 7) is -1.76. The van der Waals surface area contributed by atoms with Gasteiger partial charge in [0.25, 0.3) is 41.4 Å². The van der Waals surface area contributed by atoms with Crippen LogP contribution < -0.4 is 42.5 Å². The number of ether oxygens (including phenoxy) is 17. The van der Waals surface area contributed by atoms with Crippen LogP contribution in [0.25, 0.3) is 0 Å². The number of hydrogen-bond donors (Lipinski definition) is 8. The standard InChI is InChI=1S/C58H94F8N8O29S8/c1-37(100-63)71-51(108)90-31-56(6,32-91-52(109)72-38(2)101-64)44(76)85-28-42(99-46(78)58(8,35-92-53(110)73-39(3)102-65)36-93-54(111)74-40(4)103-66)26-83-25-41(98-45(77)57(7,33-88-49(106)69-11-15-81-19-23-96-61)34-89-50(107)70-12-16-82-20-24-97-62)27-84-43(75)55(5,29-86-47(104)67-9-13-79-17-21-94-59)30-87-48(105)68-10-14-80-18-22-95-60/h37-42H,9-36H2,1-8H3,(H,67,104)(H,68,105)(H,69,106)(H,70,107)(H,71,108)(H,72,109)(H,73,110)(H,74,111). The minimum atomic E-state index is -2.10. The zero-order valence-corrected chi connectivity index (χ0v) is 67.9. The molecule has 53 heteroatoms. The Morgan fingerprint density at radius 2 is 0.486 bits per heavy atom. The van der Waals surface area contributed by atoms with Crippen LogP contribution in [0.2, 0.25) is 0 Å². The molecule has 8 N–H and O–H groups in total. The van der Waals surface area contributed by atoms with Crippen molar-refractivity contribution >= 4 is 163 Å². The minimum Gasteiger partial charge on any atom is -0.470 e. The molecule has 0 saturated heterocycles. The van der Waals surface area contributed by atoms with Crippen LogP contribution in [0.3, 0.4) is 0 Å². The Kier molecular flexibility index (Phi) is 59.4. The summed E-state index contributed by atoms with van der Waals surface area (Å²) < 4.78 is 197. The third kappa shape index (κ3) is 51.0. The lowest BCUT2D eigenvalue weighted by atomic mass is 9.93. The zero-order chi connectivity index (χ0) is 83.5. The van der Waals surface area contributed by atoms with E-state index < -0.39 is 183 Å². The molecule has 0 aromatic carbocycles. The van der Waals surface area contributed by atoms with Crippen molar-refractivity contribution in [2.45, 2.75) is 92.5 Å². The lowest BCUT2D eigenvalue weighted by Crippen LogP contribution is -2.47. The molecule has 0 rings (SSSR count). The molecule has 0 aliphatic carbocycles. The van der Waals surface area contributed by atoms with Gasteiger partial charge in [-0.3, -0.25) is 19.2 Å². The highest BCUT2D eigenvalue weighted by molar-refractivity contribution is 7.81. The molecule has 0 fully saturated rings. The van der Waals surface area contributed by atoms with Gasteiger partial charge in [-0.25, -0.2) is 0 Å². The molecule has 6 atom stereocenters. The fourth-order valence-electron chi connectivity index (χ4n) is 7.07. The third-order valence-corrected chi connectivity index (χ3v) is 15.2. The van der Waals surface area contributed by atoms with E-state index in [1.165, 1.54) is 55.4 Å². The molecule has 0 aromatic heterocycles. The van der Waals surface area contributed by atoms with Gasteiger partial charge in [-0.1, -0.05) is 0 Å². The maximum absolute atomic E-state index is 15.0. The first-order valence-electron chi connectivity index (χ1n) is 32.8. The van der Waals surface area contributed by atoms with Crippen molar-refractivity contribution in [2.75, 3.05) is 185 Å². The van der Waals surface area contributed by atoms with Gasteiger partial charge in [0.1, 0.15) is 114 Å². The van der Waals surface area contributed by atoms with Crippen molar-refractivity contribution in [3.05, 3.63) is 0 Å². The maximum Gasteiger partial charge on any atom is 0.319 e. The average Bonchev–Trinajstić information content (AvgIpc) is 0.845. The van der Waals surface area contributed by atoms with Gasteiger partial charge in [-0.2, -0.15) is 39.5 Å². The summed E-state index contributed by atoms with van der Waals surface area (Å²) in [4.78, 5) is 87.7. The smallest absolute Gasteiger partial charge is 0.319 e. The highest BCUT2D eigenvalue weighted by atomic mass is 32.1. The molecular formula is C58H94F8N8O29S8. The van der Waals surface area contributed by atoms with Crippen LogP contribution in [0.15, 0.2) is 0 Å². The molecule has 0 spiro atoms. The lowest BCUT2D eigenvalue weighted by Gasteiger charge is -2.32. The van der Waals surface area contributed by atoms with Gasteiger partial charge < -0.3 is 123 Å². The first-order valence-corrected chi connectivity index (χ1v) is 36.1. The van der Waals surface area contributed by atoms with Gasteiger partial charge >= 0.3 is 23.9 Å². The van der Waals surface area contributed by atoms with Gasteiger partial charge in [0.05, 0.1) is 66.1 Å². The van der Waals surface area contributed by atoms with Gasteiger partial charge in [0.15, 0.2) is 37.1 Å². The molecule has 0 aromatic rings. The molecule has 0 bridgehead atoms. The largest absolute Gasteiger partial charge is 0.470 e. The van der Waals surface area contributed by atoms with Crippen molar-refractivity contribution in [1.82, 2.24) is 42.5 Å². The molecule has 0 aliphatic rings. The molecule has 111 heavy (non-hydrogen) atoms. The van der Waals surface area contributed by atoms with E-state index in [9.17, 15) is 55.4 Å². The van der Waals surface area contributed by atoms with E-state index in [1.807, 2.05) is 0 Å². The fourth-order valence-corrected chi connectivity index (χ4v) is 8.61. The second-order valence-corrected chi connectivity index (χ2v) is 26.5. The van der Waals surface area contributed by atoms with Crippen molar-refractivity contribution in [2.24, 2.45) is 21.7 Å². The molecule has 0 radical (unpaired) electrons. The molecule has 0 amide bonds. The monoisotopic (exact) mass is 1770 g/mol. The number of esters is 4. The van der Waals surface area contributed by atoms with Crippen LogP contribution in [0.4, 0.5) is 36.2 Å². The second kappa shape index (κ2) is 62.7. The Morgan fingerprint density at radius 1 is 0.279 bits per heavy atom. The molecule has 6 unspecified atom stereocenters. The van der Waals surface area contributed by atoms with Crippen LogP contribution in [0, 0.1) is 21.7 Å². The molecule has 0 aliphatic heterocycles. The number of nitrogens with one attached hydrogen (secondary N) is 8. The summed E-state index contributed by atoms with van der Waals surface area (Å²) in [5.74, 6) is -4.92. The minimum absolute atomic E-state index is 0.000469. The number of thiocarbonyl (C=S) groups is 8. The summed E-state index contributed by atoms with van der Waals surface area (Å²) in [5, 5.41) is 17.0. The topological polar surface area (TPSA) is 395 Å². The van der Waals surface area contributed by atoms with Crippen LogP contribution in [0.1, 0.15) is 55.4 Å². The molecule has 644 valence electrons. The van der Waals surface area contributed by atoms with E-state index in [0.717, 1.165) is 0 Å². The van der Waals surface area contributed by atoms with Crippen molar-refractivity contribution in [3.8, 4) is 0 Å². The first kappa shape index (κ1) is 105. The summed E-state index contributed by atoms with van der Waals surface area (Å²) >= 11 is 42.0. The van der Waals surface area contributed by atoms with Crippen LogP contribution in [-0.2, 0) is 139 Å². The predicted octanol–water partition coefficient (Wildman–Crippen LogP) is 3.73. The van der Waals surface area contributed by atoms with E-state index >= 15 is 0 Å². The zero-order valence-electron chi connectivity index (χ0n) is 61.4. The highest BCUT2D eigenvalue weighted by Crippen LogP contribution is 2.27. The first-order chi connectivity index (χ1) is 52.8. The Morgan fingerprint density at radius 3 is 0.694 bits per heavy atom. The molecular weight excluding hydrogens is 1680 g/mol. The third-order valence-electron chi connectivity index (χ3n) is 13.2. The van der Waals surface area contributed by atoms with Crippen molar-refractivity contribution < 1.29 is 175 Å². The summed E-state index contributed by atoms with van der Waals surface area (Å²) in [6, 6.07) is 0. The average molecular weight is 1780 g/mol. The fraction of sp³-hybridized carbons (Fsp3) is 0.793. The Hall–Kier alpha value is -5.68. The van der Waals surface area contributed by atoms with Gasteiger partial charge in [0.2, 0.25) is 0 Å². The van der Waals surface area contributed by atoms with E-state index in [2.05, 4.69) is 82.1 Å². The predicted molar refractivity (Wildman–Crippen MR) is 396 cm³/mol. The van der Waals surface area contributed by atoms with Gasteiger partial charge in [0, 0.05) is 26.2 Å². The van der Waals surface area contributed by atoms with Crippen molar-refractivity contribution in [1.29, 1.82) is 0 Å². The highest BCUT2D eigenvalue weighted by Gasteiger charge is 2.45. The van der Waals surface area contributed by atoms with Crippen LogP contribution in [-0.4, -0.2) is 287 Å². The summed E-state index contributed by atoms with van der Waals surface area (Å²) in [7, 11) is 0. The normalized spacial score (nSPS) is 14.0. The molecule has 0 heterocycles. The van der Waals surface area contributed by atoms with Gasteiger partial charge in [-0.15, -0.1) is 0 Å². The summed E-state index contributed by atoms with van der Waals surface area (Å²) in [5.41, 5.74) is -8.04. The van der Waals surface area contributed by atoms with E-state index in [1.54, 1.807) is 0 Å². The van der Waals surface area contributed by atoms with Crippen molar-refractivity contribution in [3.63, 3.8) is 0 Å². The SMILES string of the molecule is CC(NC(=S)OCC(C)(COC(=S)NC(C)OF)C(=O)OCC(COCC(COC(=O)C(C)(COC(=S)NCCOCCOF)COC(=S)NCCOCCOF)OC(=O)C(C)(COC(=S)NCCOCCOF)COC(=S)NCCOCCOF)OC(=O)C(C)(COC(=S)NC(C)OF)COC(=S)NC(C)OF)OF. The molecule has 37 nitrogen and oxygen atoms in total. The van der Waals surface area contributed by atoms with E-state index in [-0.39, 0.29) is 126 Å². The Labute approximate surface area is 676 Å². The number of carbonyl (C=O) groups is 4. The van der Waals surface area contributed by atoms with Gasteiger partial charge in [-0.05, 0) is 189 Å². The van der Waals surface area contributed by atoms with E-state index in [4.69, 9.17) is 178 Å². The maximum atomic E-state index is 15.0. The van der Waals surface area contributed by atoms with Crippen LogP contribution in [0.5, 0.6) is 0 Å². The Balaban J connectivity index is 8.28. The second-order valence-electron chi connectivity index (χ2n) is 23.6. The Bertz CT molecular complexity index is 2630. The lowest BCUT2D eigenvalue weighted by molar-refractivity contribution is -0.185. The number of hydrogen-bond acceptors (Lipinski definition) is 37. The summed E-state index contributed by atoms with van der Waals surface area (Å²) in [6.07, 6.45) is -9.14. The quantitative estimate of drug-likeness (QED) is 0.0107. The van der Waals surface area contributed by atoms with Crippen LogP contribution >= 0.6 is 97.7 Å². The molecule has 0 saturated carbocycles. The number of rotatable bonds is 62. The number of carbonyl (C=O) groups excluding carboxylic acids is 4. The van der Waals surface area contributed by atoms with E-state index in [0.29, 0.717) is 0 Å².